The van der Waals surface area contributed by atoms with E-state index in [2.05, 4.69) is 39.9 Å². The van der Waals surface area contributed by atoms with Gasteiger partial charge in [0, 0.05) is 23.6 Å². The Hall–Kier alpha value is -3.08. The van der Waals surface area contributed by atoms with Gasteiger partial charge in [-0.05, 0) is 60.9 Å². The van der Waals surface area contributed by atoms with Gasteiger partial charge in [-0.3, -0.25) is 14.5 Å². The van der Waals surface area contributed by atoms with Gasteiger partial charge in [-0.2, -0.15) is 0 Å². The number of nitrogens with one attached hydrogen (secondary N) is 1. The van der Waals surface area contributed by atoms with E-state index in [0.29, 0.717) is 18.6 Å². The molecular formula is C33H44N2O3. The molecule has 204 valence electrons. The van der Waals surface area contributed by atoms with Crippen LogP contribution in [0.15, 0.2) is 59.8 Å². The summed E-state index contributed by atoms with van der Waals surface area (Å²) in [7, 11) is 0. The number of ether oxygens (including phenoxy) is 1. The average Bonchev–Trinajstić information content (AvgIpc) is 3.03. The first-order valence-electron chi connectivity index (χ1n) is 14.5. The van der Waals surface area contributed by atoms with Crippen LogP contribution >= 0.6 is 0 Å². The van der Waals surface area contributed by atoms with Crippen LogP contribution in [0, 0.1) is 11.3 Å². The number of unbranched alkanes of at least 4 members (excludes halogenated alkanes) is 2. The maximum atomic E-state index is 14.5. The molecule has 2 atom stereocenters. The predicted octanol–water partition coefficient (Wildman–Crippen LogP) is 8.22. The van der Waals surface area contributed by atoms with E-state index in [4.69, 9.17) is 4.74 Å². The summed E-state index contributed by atoms with van der Waals surface area (Å²) in [6.45, 7) is 11.3. The number of carbonyl (C=O) groups excluding carboxylic acids is 2. The number of Topliss-reactive ketones (excluding diaryl/α,β-unsaturated/α-hetero) is 1. The number of para-hydroxylation sites is 2. The molecule has 2 aromatic rings. The van der Waals surface area contributed by atoms with Crippen LogP contribution < -0.4 is 15.0 Å². The molecular weight excluding hydrogens is 472 g/mol. The lowest BCUT2D eigenvalue weighted by atomic mass is 9.73. The molecule has 0 spiro atoms. The summed E-state index contributed by atoms with van der Waals surface area (Å²) in [5.74, 6) is 0.867. The van der Waals surface area contributed by atoms with Gasteiger partial charge in [0.25, 0.3) is 0 Å². The van der Waals surface area contributed by atoms with Crippen LogP contribution in [0.3, 0.4) is 0 Å². The van der Waals surface area contributed by atoms with E-state index in [0.717, 1.165) is 73.3 Å². The summed E-state index contributed by atoms with van der Waals surface area (Å²) in [5, 5.41) is 3.62. The highest BCUT2D eigenvalue weighted by Gasteiger charge is 2.44. The van der Waals surface area contributed by atoms with Crippen molar-refractivity contribution in [2.75, 3.05) is 16.8 Å². The van der Waals surface area contributed by atoms with Gasteiger partial charge < -0.3 is 10.1 Å². The van der Waals surface area contributed by atoms with Crippen molar-refractivity contribution >= 4 is 23.1 Å². The molecule has 0 bridgehead atoms. The van der Waals surface area contributed by atoms with Crippen LogP contribution in [-0.2, 0) is 9.59 Å². The Bertz CT molecular complexity index is 1180. The third kappa shape index (κ3) is 5.98. The van der Waals surface area contributed by atoms with Gasteiger partial charge in [0.15, 0.2) is 5.78 Å². The molecule has 0 radical (unpaired) electrons. The first-order valence-corrected chi connectivity index (χ1v) is 14.5. The average molecular weight is 517 g/mol. The topological polar surface area (TPSA) is 58.6 Å². The quantitative estimate of drug-likeness (QED) is 0.323. The van der Waals surface area contributed by atoms with E-state index >= 15 is 0 Å². The molecule has 5 nitrogen and oxygen atoms in total. The fourth-order valence-electron chi connectivity index (χ4n) is 5.80. The first-order chi connectivity index (χ1) is 18.3. The third-order valence-electron chi connectivity index (χ3n) is 7.83. The van der Waals surface area contributed by atoms with E-state index in [1.165, 1.54) is 0 Å². The van der Waals surface area contributed by atoms with E-state index in [1.807, 2.05) is 53.4 Å². The highest BCUT2D eigenvalue weighted by atomic mass is 16.5. The fraction of sp³-hybridized carbons (Fsp3) is 0.515. The van der Waals surface area contributed by atoms with Crippen LogP contribution in [0.25, 0.3) is 0 Å². The summed E-state index contributed by atoms with van der Waals surface area (Å²) in [5.41, 5.74) is 4.11. The summed E-state index contributed by atoms with van der Waals surface area (Å²) in [4.78, 5) is 30.3. The Morgan fingerprint density at radius 3 is 2.55 bits per heavy atom. The number of hydrogen-bond acceptors (Lipinski definition) is 4. The van der Waals surface area contributed by atoms with Gasteiger partial charge >= 0.3 is 0 Å². The predicted molar refractivity (Wildman–Crippen MR) is 155 cm³/mol. The Kier molecular flexibility index (Phi) is 8.96. The fourth-order valence-corrected chi connectivity index (χ4v) is 5.80. The van der Waals surface area contributed by atoms with Crippen molar-refractivity contribution in [2.45, 2.75) is 92.0 Å². The molecule has 0 aromatic heterocycles. The van der Waals surface area contributed by atoms with Crippen molar-refractivity contribution in [1.82, 2.24) is 0 Å². The van der Waals surface area contributed by atoms with Crippen molar-refractivity contribution in [3.05, 3.63) is 65.4 Å². The highest BCUT2D eigenvalue weighted by molar-refractivity contribution is 6.06. The molecule has 0 unspecified atom stereocenters. The number of rotatable bonds is 10. The number of fused-ring (bicyclic) bond motifs is 1. The standard InChI is InChI=1S/C33H44N2O3/c1-6-9-14-23(8-3)32(37)35-28-18-12-11-17-26(28)34-27-21-33(4,5)22-29(36)30(27)31(35)24-15-13-16-25(20-24)38-19-10-7-2/h11-13,15-18,20,23,31,34H,6-10,14,19,21-22H2,1-5H3/t23-,31-/m1/s1. The highest BCUT2D eigenvalue weighted by Crippen LogP contribution is 2.49. The molecule has 0 saturated heterocycles. The molecule has 1 amide bonds. The zero-order valence-corrected chi connectivity index (χ0v) is 23.8. The van der Waals surface area contributed by atoms with Gasteiger partial charge in [-0.25, -0.2) is 0 Å². The minimum absolute atomic E-state index is 0.0869. The second-order valence-corrected chi connectivity index (χ2v) is 11.6. The van der Waals surface area contributed by atoms with Gasteiger partial charge in [0.2, 0.25) is 5.91 Å². The van der Waals surface area contributed by atoms with E-state index in [1.54, 1.807) is 0 Å². The monoisotopic (exact) mass is 516 g/mol. The summed E-state index contributed by atoms with van der Waals surface area (Å²) in [6, 6.07) is 15.5. The van der Waals surface area contributed by atoms with Crippen LogP contribution in [0.4, 0.5) is 11.4 Å². The molecule has 5 heteroatoms. The van der Waals surface area contributed by atoms with Crippen LogP contribution in [0.5, 0.6) is 5.75 Å². The summed E-state index contributed by atoms with van der Waals surface area (Å²) < 4.78 is 6.07. The maximum absolute atomic E-state index is 14.5. The van der Waals surface area contributed by atoms with Crippen molar-refractivity contribution in [3.63, 3.8) is 0 Å². The molecule has 4 rings (SSSR count). The van der Waals surface area contributed by atoms with Crippen LogP contribution in [-0.4, -0.2) is 18.3 Å². The summed E-state index contributed by atoms with van der Waals surface area (Å²) in [6.07, 6.45) is 6.92. The SMILES string of the molecule is CCCCOc1cccc([C@@H]2C3=C(CC(C)(C)CC3=O)Nc3ccccc3N2C(=O)[C@H](CC)CCCC)c1. The first kappa shape index (κ1) is 27.9. The number of benzene rings is 2. The lowest BCUT2D eigenvalue weighted by Gasteiger charge is -2.38. The Morgan fingerprint density at radius 1 is 1.05 bits per heavy atom. The molecule has 38 heavy (non-hydrogen) atoms. The minimum Gasteiger partial charge on any atom is -0.494 e. The molecule has 1 aliphatic carbocycles. The van der Waals surface area contributed by atoms with Gasteiger partial charge in [0.05, 0.1) is 24.0 Å². The lowest BCUT2D eigenvalue weighted by Crippen LogP contribution is -2.42. The van der Waals surface area contributed by atoms with Gasteiger partial charge in [-0.15, -0.1) is 0 Å². The normalized spacial score (nSPS) is 19.2. The van der Waals surface area contributed by atoms with E-state index in [9.17, 15) is 9.59 Å². The molecule has 2 aliphatic rings. The summed E-state index contributed by atoms with van der Waals surface area (Å²) >= 11 is 0. The van der Waals surface area contributed by atoms with Crippen molar-refractivity contribution < 1.29 is 14.3 Å². The van der Waals surface area contributed by atoms with Crippen molar-refractivity contribution in [3.8, 4) is 5.75 Å². The Morgan fingerprint density at radius 2 is 1.82 bits per heavy atom. The maximum Gasteiger partial charge on any atom is 0.231 e. The zero-order chi connectivity index (χ0) is 27.3. The largest absolute Gasteiger partial charge is 0.494 e. The van der Waals surface area contributed by atoms with Crippen LogP contribution in [0.1, 0.15) is 97.6 Å². The van der Waals surface area contributed by atoms with Gasteiger partial charge in [-0.1, -0.05) is 78.1 Å². The third-order valence-corrected chi connectivity index (χ3v) is 7.83. The van der Waals surface area contributed by atoms with Crippen molar-refractivity contribution in [1.29, 1.82) is 0 Å². The molecule has 1 N–H and O–H groups in total. The molecule has 2 aromatic carbocycles. The number of hydrogen-bond donors (Lipinski definition) is 1. The lowest BCUT2D eigenvalue weighted by molar-refractivity contribution is -0.123. The minimum atomic E-state index is -0.511. The molecule has 0 saturated carbocycles. The van der Waals surface area contributed by atoms with E-state index < -0.39 is 6.04 Å². The number of ketones is 1. The second kappa shape index (κ2) is 12.2. The number of anilines is 2. The second-order valence-electron chi connectivity index (χ2n) is 11.6. The van der Waals surface area contributed by atoms with Gasteiger partial charge in [0.1, 0.15) is 5.75 Å². The molecule has 1 aliphatic heterocycles. The number of amides is 1. The Balaban J connectivity index is 1.92. The smallest absolute Gasteiger partial charge is 0.231 e. The van der Waals surface area contributed by atoms with Crippen molar-refractivity contribution in [2.24, 2.45) is 11.3 Å². The Labute approximate surface area is 228 Å². The number of carbonyl (C=O) groups is 2. The van der Waals surface area contributed by atoms with Crippen LogP contribution in [0.2, 0.25) is 0 Å². The number of nitrogens with zero attached hydrogens (tertiary/aromatic N) is 1. The number of allylic oxidation sites excluding steroid dienone is 1. The molecule has 0 fully saturated rings. The zero-order valence-electron chi connectivity index (χ0n) is 23.8. The van der Waals surface area contributed by atoms with E-state index in [-0.39, 0.29) is 23.0 Å². The molecule has 1 heterocycles.